The van der Waals surface area contributed by atoms with Gasteiger partial charge in [0.25, 0.3) is 5.91 Å². The number of carbonyl (C=O) groups is 2. The highest BCUT2D eigenvalue weighted by molar-refractivity contribution is 6.05. The highest BCUT2D eigenvalue weighted by Crippen LogP contribution is 2.31. The minimum absolute atomic E-state index is 0.257. The molecule has 0 bridgehead atoms. The maximum absolute atomic E-state index is 12.8. The first kappa shape index (κ1) is 18.4. The fraction of sp³-hybridized carbons (Fsp3) is 0.476. The van der Waals surface area contributed by atoms with E-state index in [9.17, 15) is 9.59 Å². The van der Waals surface area contributed by atoms with Gasteiger partial charge in [-0.25, -0.2) is 4.79 Å². The predicted octanol–water partition coefficient (Wildman–Crippen LogP) is 3.29. The molecule has 26 heavy (non-hydrogen) atoms. The van der Waals surface area contributed by atoms with Gasteiger partial charge in [-0.3, -0.25) is 9.78 Å². The van der Waals surface area contributed by atoms with Crippen LogP contribution < -0.4 is 5.32 Å². The molecular formula is C21H26N2O3. The second kappa shape index (κ2) is 7.85. The fourth-order valence-corrected chi connectivity index (χ4v) is 3.37. The van der Waals surface area contributed by atoms with Crippen molar-refractivity contribution in [3.05, 3.63) is 41.1 Å². The van der Waals surface area contributed by atoms with Gasteiger partial charge in [0.2, 0.25) is 0 Å². The lowest BCUT2D eigenvalue weighted by molar-refractivity contribution is -0.124. The van der Waals surface area contributed by atoms with E-state index in [1.165, 1.54) is 0 Å². The summed E-state index contributed by atoms with van der Waals surface area (Å²) in [5, 5.41) is 3.57. The van der Waals surface area contributed by atoms with Gasteiger partial charge in [-0.1, -0.05) is 39.0 Å². The Bertz CT molecular complexity index is 829. The Labute approximate surface area is 154 Å². The summed E-state index contributed by atoms with van der Waals surface area (Å²) in [6.45, 7) is 6.53. The van der Waals surface area contributed by atoms with Gasteiger partial charge >= 0.3 is 5.97 Å². The van der Waals surface area contributed by atoms with Crippen molar-refractivity contribution in [2.24, 2.45) is 11.8 Å². The number of aryl methyl sites for hydroxylation is 1. The molecule has 138 valence electrons. The van der Waals surface area contributed by atoms with Gasteiger partial charge < -0.3 is 10.1 Å². The molecule has 0 unspecified atom stereocenters. The second-order valence-corrected chi connectivity index (χ2v) is 7.55. The first-order valence-corrected chi connectivity index (χ1v) is 9.30. The zero-order valence-corrected chi connectivity index (χ0v) is 15.7. The molecule has 1 aliphatic rings. The highest BCUT2D eigenvalue weighted by atomic mass is 16.5. The number of nitrogens with one attached hydrogen (secondary N) is 1. The molecule has 0 spiro atoms. The van der Waals surface area contributed by atoms with Crippen molar-refractivity contribution in [2.75, 3.05) is 13.2 Å². The van der Waals surface area contributed by atoms with Crippen LogP contribution in [-0.4, -0.2) is 30.0 Å². The summed E-state index contributed by atoms with van der Waals surface area (Å²) in [5.74, 6) is 0.153. The van der Waals surface area contributed by atoms with Crippen molar-refractivity contribution in [1.82, 2.24) is 10.3 Å². The second-order valence-electron chi connectivity index (χ2n) is 7.55. The van der Waals surface area contributed by atoms with Crippen LogP contribution in [0.25, 0.3) is 10.9 Å². The van der Waals surface area contributed by atoms with Crippen LogP contribution in [0.15, 0.2) is 24.3 Å². The van der Waals surface area contributed by atoms with Crippen molar-refractivity contribution in [3.8, 4) is 0 Å². The zero-order chi connectivity index (χ0) is 18.7. The Morgan fingerprint density at radius 1 is 1.31 bits per heavy atom. The van der Waals surface area contributed by atoms with Gasteiger partial charge in [-0.15, -0.1) is 0 Å². The summed E-state index contributed by atoms with van der Waals surface area (Å²) in [5.41, 5.74) is 3.35. The third kappa shape index (κ3) is 4.03. The molecule has 0 radical (unpaired) electrons. The number of rotatable bonds is 5. The van der Waals surface area contributed by atoms with E-state index in [0.29, 0.717) is 23.9 Å². The number of pyridine rings is 1. The summed E-state index contributed by atoms with van der Waals surface area (Å²) in [4.78, 5) is 29.5. The Morgan fingerprint density at radius 2 is 2.08 bits per heavy atom. The van der Waals surface area contributed by atoms with E-state index in [4.69, 9.17) is 9.72 Å². The van der Waals surface area contributed by atoms with Crippen LogP contribution in [0.4, 0.5) is 0 Å². The van der Waals surface area contributed by atoms with Gasteiger partial charge in [0.15, 0.2) is 6.61 Å². The molecule has 1 aromatic carbocycles. The molecule has 0 saturated carbocycles. The summed E-state index contributed by atoms with van der Waals surface area (Å²) in [6, 6.07) is 7.63. The minimum Gasteiger partial charge on any atom is -0.452 e. The van der Waals surface area contributed by atoms with Crippen molar-refractivity contribution in [3.63, 3.8) is 0 Å². The SMILES string of the molecule is CC(C)CNC(=O)COC(=O)c1c2c(nc3ccccc13)CC[C@@H](C)C2. The number of para-hydroxylation sites is 1. The van der Waals surface area contributed by atoms with Crippen LogP contribution in [0.1, 0.15) is 48.8 Å². The summed E-state index contributed by atoms with van der Waals surface area (Å²) >= 11 is 0. The smallest absolute Gasteiger partial charge is 0.339 e. The van der Waals surface area contributed by atoms with E-state index in [1.807, 2.05) is 38.1 Å². The number of aromatic nitrogens is 1. The van der Waals surface area contributed by atoms with Gasteiger partial charge in [0, 0.05) is 17.6 Å². The molecule has 1 N–H and O–H groups in total. The summed E-state index contributed by atoms with van der Waals surface area (Å²) < 4.78 is 5.35. The van der Waals surface area contributed by atoms with E-state index in [0.717, 1.165) is 41.4 Å². The third-order valence-corrected chi connectivity index (χ3v) is 4.75. The number of benzene rings is 1. The van der Waals surface area contributed by atoms with Gasteiger partial charge in [-0.05, 0) is 42.7 Å². The lowest BCUT2D eigenvalue weighted by Crippen LogP contribution is -2.32. The molecular weight excluding hydrogens is 328 g/mol. The molecule has 0 aliphatic heterocycles. The summed E-state index contributed by atoms with van der Waals surface area (Å²) in [6.07, 6.45) is 2.76. The monoisotopic (exact) mass is 354 g/mol. The Kier molecular flexibility index (Phi) is 5.55. The highest BCUT2D eigenvalue weighted by Gasteiger charge is 2.26. The lowest BCUT2D eigenvalue weighted by atomic mass is 9.84. The van der Waals surface area contributed by atoms with E-state index in [-0.39, 0.29) is 12.5 Å². The molecule has 1 amide bonds. The van der Waals surface area contributed by atoms with E-state index < -0.39 is 5.97 Å². The zero-order valence-electron chi connectivity index (χ0n) is 15.7. The number of carbonyl (C=O) groups excluding carboxylic acids is 2. The summed E-state index contributed by atoms with van der Waals surface area (Å²) in [7, 11) is 0. The van der Waals surface area contributed by atoms with Crippen LogP contribution in [0, 0.1) is 11.8 Å². The molecule has 1 atom stereocenters. The number of fused-ring (bicyclic) bond motifs is 2. The van der Waals surface area contributed by atoms with Crippen LogP contribution in [0.3, 0.4) is 0 Å². The van der Waals surface area contributed by atoms with Crippen molar-refractivity contribution in [1.29, 1.82) is 0 Å². The molecule has 5 nitrogen and oxygen atoms in total. The first-order chi connectivity index (χ1) is 12.5. The van der Waals surface area contributed by atoms with Crippen LogP contribution >= 0.6 is 0 Å². The Balaban J connectivity index is 1.87. The molecule has 1 heterocycles. The average molecular weight is 354 g/mol. The Morgan fingerprint density at radius 3 is 2.85 bits per heavy atom. The number of nitrogens with zero attached hydrogens (tertiary/aromatic N) is 1. The van der Waals surface area contributed by atoms with E-state index in [2.05, 4.69) is 12.2 Å². The van der Waals surface area contributed by atoms with E-state index >= 15 is 0 Å². The largest absolute Gasteiger partial charge is 0.452 e. The van der Waals surface area contributed by atoms with Crippen molar-refractivity contribution < 1.29 is 14.3 Å². The van der Waals surface area contributed by atoms with Crippen LogP contribution in [-0.2, 0) is 22.4 Å². The van der Waals surface area contributed by atoms with Gasteiger partial charge in [-0.2, -0.15) is 0 Å². The molecule has 0 saturated heterocycles. The minimum atomic E-state index is -0.436. The predicted molar refractivity (Wildman–Crippen MR) is 101 cm³/mol. The topological polar surface area (TPSA) is 68.3 Å². The van der Waals surface area contributed by atoms with Crippen LogP contribution in [0.2, 0.25) is 0 Å². The van der Waals surface area contributed by atoms with Crippen LogP contribution in [0.5, 0.6) is 0 Å². The van der Waals surface area contributed by atoms with Crippen molar-refractivity contribution in [2.45, 2.75) is 40.0 Å². The third-order valence-electron chi connectivity index (χ3n) is 4.75. The lowest BCUT2D eigenvalue weighted by Gasteiger charge is -2.24. The maximum atomic E-state index is 12.8. The standard InChI is InChI=1S/C21H26N2O3/c1-13(2)11-22-19(24)12-26-21(25)20-15-6-4-5-7-17(15)23-18-9-8-14(3)10-16(18)20/h4-7,13-14H,8-12H2,1-3H3,(H,22,24)/t14-/m1/s1. The quantitative estimate of drug-likeness (QED) is 0.837. The normalized spacial score (nSPS) is 16.4. The number of ether oxygens (including phenoxy) is 1. The van der Waals surface area contributed by atoms with Gasteiger partial charge in [0.05, 0.1) is 11.1 Å². The van der Waals surface area contributed by atoms with E-state index in [1.54, 1.807) is 0 Å². The van der Waals surface area contributed by atoms with Gasteiger partial charge in [0.1, 0.15) is 0 Å². The maximum Gasteiger partial charge on any atom is 0.339 e. The number of esters is 1. The molecule has 3 rings (SSSR count). The van der Waals surface area contributed by atoms with Crippen molar-refractivity contribution >= 4 is 22.8 Å². The molecule has 1 aliphatic carbocycles. The number of hydrogen-bond acceptors (Lipinski definition) is 4. The molecule has 0 fully saturated rings. The fourth-order valence-electron chi connectivity index (χ4n) is 3.37. The average Bonchev–Trinajstić information content (AvgIpc) is 2.62. The first-order valence-electron chi connectivity index (χ1n) is 9.30. The Hall–Kier alpha value is -2.43. The number of hydrogen-bond donors (Lipinski definition) is 1. The number of amides is 1. The molecule has 5 heteroatoms. The molecule has 1 aromatic heterocycles. The molecule has 2 aromatic rings.